The molecule has 0 aromatic carbocycles. The first kappa shape index (κ1) is 11.5. The first-order chi connectivity index (χ1) is 7.24. The quantitative estimate of drug-likeness (QED) is 0.716. The minimum atomic E-state index is -1.06. The number of ether oxygens (including phenoxy) is 2. The first-order valence-electron chi connectivity index (χ1n) is 4.65. The SMILES string of the molecule is CCOCCOc1cccc(C(=O)O)n1. The Morgan fingerprint density at radius 3 is 2.93 bits per heavy atom. The summed E-state index contributed by atoms with van der Waals surface area (Å²) in [6, 6.07) is 4.61. The van der Waals surface area contributed by atoms with E-state index in [0.717, 1.165) is 0 Å². The van der Waals surface area contributed by atoms with E-state index in [9.17, 15) is 4.79 Å². The molecule has 1 N–H and O–H groups in total. The summed E-state index contributed by atoms with van der Waals surface area (Å²) in [5, 5.41) is 8.68. The Kier molecular flexibility index (Phi) is 4.56. The van der Waals surface area contributed by atoms with E-state index in [4.69, 9.17) is 14.6 Å². The van der Waals surface area contributed by atoms with Gasteiger partial charge in [-0.25, -0.2) is 9.78 Å². The molecule has 1 aromatic rings. The largest absolute Gasteiger partial charge is 0.477 e. The van der Waals surface area contributed by atoms with Crippen LogP contribution in [0.4, 0.5) is 0 Å². The molecule has 0 amide bonds. The van der Waals surface area contributed by atoms with Gasteiger partial charge in [0, 0.05) is 12.7 Å². The molecule has 0 unspecified atom stereocenters. The molecule has 1 aromatic heterocycles. The zero-order chi connectivity index (χ0) is 11.1. The summed E-state index contributed by atoms with van der Waals surface area (Å²) in [5.74, 6) is -0.764. The van der Waals surface area contributed by atoms with Crippen molar-refractivity contribution in [3.63, 3.8) is 0 Å². The van der Waals surface area contributed by atoms with Crippen LogP contribution in [0, 0.1) is 0 Å². The Morgan fingerprint density at radius 1 is 1.47 bits per heavy atom. The van der Waals surface area contributed by atoms with E-state index in [1.54, 1.807) is 12.1 Å². The molecule has 0 atom stereocenters. The minimum absolute atomic E-state index is 0.0242. The van der Waals surface area contributed by atoms with Gasteiger partial charge in [-0.15, -0.1) is 0 Å². The zero-order valence-corrected chi connectivity index (χ0v) is 8.47. The highest BCUT2D eigenvalue weighted by Gasteiger charge is 2.05. The summed E-state index contributed by atoms with van der Waals surface area (Å²) >= 11 is 0. The normalized spacial score (nSPS) is 9.93. The molecule has 1 heterocycles. The highest BCUT2D eigenvalue weighted by Crippen LogP contribution is 2.07. The highest BCUT2D eigenvalue weighted by atomic mass is 16.5. The van der Waals surface area contributed by atoms with Gasteiger partial charge in [-0.2, -0.15) is 0 Å². The van der Waals surface area contributed by atoms with Gasteiger partial charge in [-0.05, 0) is 13.0 Å². The lowest BCUT2D eigenvalue weighted by molar-refractivity contribution is 0.0688. The molecule has 0 saturated carbocycles. The van der Waals surface area contributed by atoms with Crippen molar-refractivity contribution < 1.29 is 19.4 Å². The fraction of sp³-hybridized carbons (Fsp3) is 0.400. The van der Waals surface area contributed by atoms with Gasteiger partial charge >= 0.3 is 5.97 Å². The average Bonchev–Trinajstić information content (AvgIpc) is 2.25. The highest BCUT2D eigenvalue weighted by molar-refractivity contribution is 5.85. The van der Waals surface area contributed by atoms with Crippen LogP contribution < -0.4 is 4.74 Å². The molecule has 0 spiro atoms. The number of pyridine rings is 1. The van der Waals surface area contributed by atoms with Gasteiger partial charge < -0.3 is 14.6 Å². The Hall–Kier alpha value is -1.62. The molecule has 0 fully saturated rings. The molecule has 5 nitrogen and oxygen atoms in total. The van der Waals surface area contributed by atoms with Crippen molar-refractivity contribution in [2.75, 3.05) is 19.8 Å². The monoisotopic (exact) mass is 211 g/mol. The maximum atomic E-state index is 10.6. The van der Waals surface area contributed by atoms with Crippen LogP contribution in [0.1, 0.15) is 17.4 Å². The molecule has 82 valence electrons. The van der Waals surface area contributed by atoms with E-state index in [0.29, 0.717) is 25.7 Å². The number of carboxylic acids is 1. The molecule has 0 aliphatic carbocycles. The molecule has 1 rings (SSSR count). The molecule has 0 aliphatic heterocycles. The topological polar surface area (TPSA) is 68.7 Å². The third kappa shape index (κ3) is 3.95. The number of carboxylic acid groups (broad SMARTS) is 1. The molecular formula is C10H13NO4. The van der Waals surface area contributed by atoms with Gasteiger partial charge in [-0.1, -0.05) is 6.07 Å². The third-order valence-corrected chi connectivity index (χ3v) is 1.62. The molecule has 0 aliphatic rings. The predicted octanol–water partition coefficient (Wildman–Crippen LogP) is 1.20. The lowest BCUT2D eigenvalue weighted by Crippen LogP contribution is -2.08. The minimum Gasteiger partial charge on any atom is -0.477 e. The second kappa shape index (κ2) is 5.98. The number of carbonyl (C=O) groups is 1. The smallest absolute Gasteiger partial charge is 0.354 e. The summed E-state index contributed by atoms with van der Waals surface area (Å²) in [7, 11) is 0. The van der Waals surface area contributed by atoms with E-state index in [1.165, 1.54) is 6.07 Å². The van der Waals surface area contributed by atoms with Gasteiger partial charge in [0.2, 0.25) is 5.88 Å². The fourth-order valence-electron chi connectivity index (χ4n) is 0.964. The van der Waals surface area contributed by atoms with Crippen LogP contribution in [0.2, 0.25) is 0 Å². The number of aromatic nitrogens is 1. The number of hydrogen-bond donors (Lipinski definition) is 1. The van der Waals surface area contributed by atoms with Crippen LogP contribution in [0.3, 0.4) is 0 Å². The summed E-state index contributed by atoms with van der Waals surface area (Å²) in [5.41, 5.74) is -0.0242. The molecule has 0 saturated heterocycles. The van der Waals surface area contributed by atoms with Gasteiger partial charge in [0.05, 0.1) is 6.61 Å². The van der Waals surface area contributed by atoms with Crippen LogP contribution in [-0.4, -0.2) is 35.9 Å². The first-order valence-corrected chi connectivity index (χ1v) is 4.65. The Bertz CT molecular complexity index is 327. The van der Waals surface area contributed by atoms with E-state index in [2.05, 4.69) is 4.98 Å². The van der Waals surface area contributed by atoms with E-state index < -0.39 is 5.97 Å². The van der Waals surface area contributed by atoms with E-state index in [1.807, 2.05) is 6.92 Å². The number of rotatable bonds is 6. The van der Waals surface area contributed by atoms with Crippen molar-refractivity contribution in [3.8, 4) is 5.88 Å². The summed E-state index contributed by atoms with van der Waals surface area (Å²) in [4.78, 5) is 14.4. The summed E-state index contributed by atoms with van der Waals surface area (Å²) in [6.45, 7) is 3.36. The van der Waals surface area contributed by atoms with E-state index in [-0.39, 0.29) is 5.69 Å². The lowest BCUT2D eigenvalue weighted by atomic mass is 10.3. The standard InChI is InChI=1S/C10H13NO4/c1-2-14-6-7-15-9-5-3-4-8(11-9)10(12)13/h3-5H,2,6-7H2,1H3,(H,12,13). The summed E-state index contributed by atoms with van der Waals surface area (Å²) in [6.07, 6.45) is 0. The Balaban J connectivity index is 2.47. The molecule has 0 radical (unpaired) electrons. The van der Waals surface area contributed by atoms with Crippen LogP contribution in [-0.2, 0) is 4.74 Å². The Labute approximate surface area is 87.7 Å². The van der Waals surface area contributed by atoms with Crippen molar-refractivity contribution >= 4 is 5.97 Å². The van der Waals surface area contributed by atoms with Crippen molar-refractivity contribution in [2.24, 2.45) is 0 Å². The van der Waals surface area contributed by atoms with Gasteiger partial charge in [0.1, 0.15) is 6.61 Å². The van der Waals surface area contributed by atoms with Crippen LogP contribution in [0.25, 0.3) is 0 Å². The maximum absolute atomic E-state index is 10.6. The summed E-state index contributed by atoms with van der Waals surface area (Å²) < 4.78 is 10.3. The average molecular weight is 211 g/mol. The second-order valence-electron chi connectivity index (χ2n) is 2.71. The number of hydrogen-bond acceptors (Lipinski definition) is 4. The van der Waals surface area contributed by atoms with Crippen molar-refractivity contribution in [2.45, 2.75) is 6.92 Å². The molecule has 0 bridgehead atoms. The van der Waals surface area contributed by atoms with Crippen LogP contribution in [0.15, 0.2) is 18.2 Å². The van der Waals surface area contributed by atoms with Crippen LogP contribution in [0.5, 0.6) is 5.88 Å². The van der Waals surface area contributed by atoms with Crippen LogP contribution >= 0.6 is 0 Å². The maximum Gasteiger partial charge on any atom is 0.354 e. The molecular weight excluding hydrogens is 198 g/mol. The number of nitrogens with zero attached hydrogens (tertiary/aromatic N) is 1. The van der Waals surface area contributed by atoms with Crippen molar-refractivity contribution in [1.29, 1.82) is 0 Å². The van der Waals surface area contributed by atoms with E-state index >= 15 is 0 Å². The zero-order valence-electron chi connectivity index (χ0n) is 8.47. The van der Waals surface area contributed by atoms with Crippen molar-refractivity contribution in [3.05, 3.63) is 23.9 Å². The fourth-order valence-corrected chi connectivity index (χ4v) is 0.964. The second-order valence-corrected chi connectivity index (χ2v) is 2.71. The Morgan fingerprint density at radius 2 is 2.27 bits per heavy atom. The lowest BCUT2D eigenvalue weighted by Gasteiger charge is -2.05. The van der Waals surface area contributed by atoms with Crippen molar-refractivity contribution in [1.82, 2.24) is 4.98 Å². The third-order valence-electron chi connectivity index (χ3n) is 1.62. The van der Waals surface area contributed by atoms with Gasteiger partial charge in [0.25, 0.3) is 0 Å². The van der Waals surface area contributed by atoms with Gasteiger partial charge in [0.15, 0.2) is 5.69 Å². The number of aromatic carboxylic acids is 1. The van der Waals surface area contributed by atoms with Gasteiger partial charge in [-0.3, -0.25) is 0 Å². The predicted molar refractivity (Wildman–Crippen MR) is 53.2 cm³/mol. The molecule has 15 heavy (non-hydrogen) atoms. The molecule has 5 heteroatoms.